The molecule has 27 heavy (non-hydrogen) atoms. The van der Waals surface area contributed by atoms with Crippen molar-refractivity contribution in [1.29, 1.82) is 0 Å². The summed E-state index contributed by atoms with van der Waals surface area (Å²) in [4.78, 5) is 24.0. The van der Waals surface area contributed by atoms with E-state index in [1.165, 1.54) is 6.07 Å². The van der Waals surface area contributed by atoms with E-state index in [2.05, 4.69) is 5.32 Å². The number of aryl methyl sites for hydroxylation is 1. The molecule has 1 fully saturated rings. The van der Waals surface area contributed by atoms with Crippen LogP contribution in [0.3, 0.4) is 0 Å². The van der Waals surface area contributed by atoms with Crippen LogP contribution >= 0.6 is 0 Å². The molecule has 0 aliphatic heterocycles. The van der Waals surface area contributed by atoms with Crippen molar-refractivity contribution in [2.24, 2.45) is 17.6 Å². The summed E-state index contributed by atoms with van der Waals surface area (Å²) >= 11 is 0. The molecule has 0 heterocycles. The van der Waals surface area contributed by atoms with Crippen molar-refractivity contribution in [2.75, 3.05) is 6.54 Å². The minimum absolute atomic E-state index is 0.0900. The van der Waals surface area contributed by atoms with Crippen molar-refractivity contribution >= 4 is 12.2 Å². The molecule has 1 aromatic rings. The highest BCUT2D eigenvalue weighted by atomic mass is 19.1. The number of carbonyl (C=O) groups excluding carboxylic acids is 2. The van der Waals surface area contributed by atoms with E-state index in [0.29, 0.717) is 36.4 Å². The molecular weight excluding hydrogens is 343 g/mol. The number of benzene rings is 1. The summed E-state index contributed by atoms with van der Waals surface area (Å²) in [5, 5.41) is 3.02. The van der Waals surface area contributed by atoms with Crippen LogP contribution in [0.15, 0.2) is 18.2 Å². The fourth-order valence-electron chi connectivity index (χ4n) is 4.26. The number of carbonyl (C=O) groups is 2. The zero-order chi connectivity index (χ0) is 20.0. The van der Waals surface area contributed by atoms with E-state index in [0.717, 1.165) is 32.0 Å². The maximum atomic E-state index is 14.1. The van der Waals surface area contributed by atoms with E-state index >= 15 is 0 Å². The summed E-state index contributed by atoms with van der Waals surface area (Å²) in [6, 6.07) is 4.95. The highest BCUT2D eigenvalue weighted by Crippen LogP contribution is 2.33. The van der Waals surface area contributed by atoms with E-state index in [4.69, 9.17) is 5.73 Å². The van der Waals surface area contributed by atoms with Gasteiger partial charge in [0, 0.05) is 18.5 Å². The van der Waals surface area contributed by atoms with Crippen LogP contribution in [0.2, 0.25) is 0 Å². The van der Waals surface area contributed by atoms with Crippen LogP contribution in [0, 0.1) is 24.6 Å². The molecule has 0 radical (unpaired) electrons. The van der Waals surface area contributed by atoms with Crippen molar-refractivity contribution in [3.05, 3.63) is 35.1 Å². The second kappa shape index (κ2) is 9.45. The fourth-order valence-corrected chi connectivity index (χ4v) is 4.26. The molecule has 0 aromatic heterocycles. The van der Waals surface area contributed by atoms with Crippen LogP contribution in [0.5, 0.6) is 0 Å². The number of rotatable bonds is 8. The summed E-state index contributed by atoms with van der Waals surface area (Å²) in [5.74, 6) is 0.117. The van der Waals surface area contributed by atoms with Gasteiger partial charge in [-0.2, -0.15) is 0 Å². The van der Waals surface area contributed by atoms with Crippen LogP contribution in [0.4, 0.5) is 4.39 Å². The van der Waals surface area contributed by atoms with Gasteiger partial charge in [0.1, 0.15) is 12.1 Å². The first-order chi connectivity index (χ1) is 12.9. The van der Waals surface area contributed by atoms with E-state index in [9.17, 15) is 14.0 Å². The molecule has 1 amide bonds. The minimum Gasteiger partial charge on any atom is -0.354 e. The molecule has 1 atom stereocenters. The molecule has 1 aromatic carbocycles. The van der Waals surface area contributed by atoms with Crippen LogP contribution < -0.4 is 11.1 Å². The summed E-state index contributed by atoms with van der Waals surface area (Å²) in [6.45, 7) is 6.05. The van der Waals surface area contributed by atoms with Crippen LogP contribution in [0.25, 0.3) is 0 Å². The summed E-state index contributed by atoms with van der Waals surface area (Å²) < 4.78 is 14.1. The molecule has 0 saturated heterocycles. The number of aldehydes is 1. The number of hydrogen-bond acceptors (Lipinski definition) is 3. The minimum atomic E-state index is -0.747. The number of amides is 1. The summed E-state index contributed by atoms with van der Waals surface area (Å²) in [5.41, 5.74) is 6.88. The van der Waals surface area contributed by atoms with Gasteiger partial charge in [-0.25, -0.2) is 4.39 Å². The van der Waals surface area contributed by atoms with Gasteiger partial charge in [0.15, 0.2) is 0 Å². The highest BCUT2D eigenvalue weighted by molar-refractivity contribution is 5.88. The lowest BCUT2D eigenvalue weighted by Gasteiger charge is -2.33. The molecule has 1 saturated carbocycles. The first-order valence-corrected chi connectivity index (χ1v) is 10.1. The van der Waals surface area contributed by atoms with Gasteiger partial charge >= 0.3 is 0 Å². The normalized spacial score (nSPS) is 21.5. The Kier molecular flexibility index (Phi) is 7.54. The van der Waals surface area contributed by atoms with Gasteiger partial charge in [0.2, 0.25) is 5.91 Å². The Hall–Kier alpha value is -1.75. The SMILES string of the molecule is CCC(CC)(C(=O)NCC(N)C1CCC(C=O)CC1)c1ccc(C)c(F)c1. The molecule has 2 rings (SSSR count). The first kappa shape index (κ1) is 21.5. The van der Waals surface area contributed by atoms with Gasteiger partial charge in [-0.3, -0.25) is 4.79 Å². The molecule has 1 aliphatic carbocycles. The Bertz CT molecular complexity index is 650. The van der Waals surface area contributed by atoms with Gasteiger partial charge < -0.3 is 15.8 Å². The van der Waals surface area contributed by atoms with Crippen LogP contribution in [-0.2, 0) is 15.0 Å². The summed E-state index contributed by atoms with van der Waals surface area (Å²) in [7, 11) is 0. The lowest BCUT2D eigenvalue weighted by atomic mass is 9.74. The quantitative estimate of drug-likeness (QED) is 0.681. The third-order valence-corrected chi connectivity index (χ3v) is 6.48. The Morgan fingerprint density at radius 2 is 1.93 bits per heavy atom. The van der Waals surface area contributed by atoms with E-state index < -0.39 is 5.41 Å². The Morgan fingerprint density at radius 1 is 1.30 bits per heavy atom. The standard InChI is InChI=1S/C22H33FN2O2/c1-4-22(5-2,18-11-6-15(3)19(23)12-18)21(27)25-13-20(24)17-9-7-16(14-26)8-10-17/h6,11-12,14,16-17,20H,4-5,7-10,13,24H2,1-3H3,(H,25,27). The molecule has 0 bridgehead atoms. The van der Waals surface area contributed by atoms with Crippen molar-refractivity contribution in [1.82, 2.24) is 5.32 Å². The second-order valence-electron chi connectivity index (χ2n) is 7.94. The third-order valence-electron chi connectivity index (χ3n) is 6.48. The zero-order valence-electron chi connectivity index (χ0n) is 16.8. The van der Waals surface area contributed by atoms with Crippen molar-refractivity contribution < 1.29 is 14.0 Å². The van der Waals surface area contributed by atoms with Gasteiger partial charge in [-0.05, 0) is 68.6 Å². The van der Waals surface area contributed by atoms with Gasteiger partial charge in [-0.15, -0.1) is 0 Å². The monoisotopic (exact) mass is 376 g/mol. The largest absolute Gasteiger partial charge is 0.354 e. The lowest BCUT2D eigenvalue weighted by molar-refractivity contribution is -0.127. The fraction of sp³-hybridized carbons (Fsp3) is 0.636. The van der Waals surface area contributed by atoms with Crippen molar-refractivity contribution in [2.45, 2.75) is 70.8 Å². The Morgan fingerprint density at radius 3 is 2.44 bits per heavy atom. The maximum Gasteiger partial charge on any atom is 0.230 e. The summed E-state index contributed by atoms with van der Waals surface area (Å²) in [6.07, 6.45) is 5.85. The molecule has 5 heteroatoms. The van der Waals surface area contributed by atoms with Crippen molar-refractivity contribution in [3.8, 4) is 0 Å². The predicted molar refractivity (Wildman–Crippen MR) is 106 cm³/mol. The van der Waals surface area contributed by atoms with Gasteiger partial charge in [0.05, 0.1) is 5.41 Å². The Labute approximate surface area is 162 Å². The highest BCUT2D eigenvalue weighted by Gasteiger charge is 2.37. The first-order valence-electron chi connectivity index (χ1n) is 10.1. The van der Waals surface area contributed by atoms with Gasteiger partial charge in [0.25, 0.3) is 0 Å². The van der Waals surface area contributed by atoms with E-state index in [1.807, 2.05) is 19.9 Å². The number of nitrogens with two attached hydrogens (primary N) is 1. The van der Waals surface area contributed by atoms with Crippen molar-refractivity contribution in [3.63, 3.8) is 0 Å². The molecule has 150 valence electrons. The zero-order valence-corrected chi connectivity index (χ0v) is 16.8. The number of halogens is 1. The number of nitrogens with one attached hydrogen (secondary N) is 1. The second-order valence-corrected chi connectivity index (χ2v) is 7.94. The van der Waals surface area contributed by atoms with Crippen LogP contribution in [-0.4, -0.2) is 24.8 Å². The smallest absolute Gasteiger partial charge is 0.230 e. The lowest BCUT2D eigenvalue weighted by Crippen LogP contribution is -2.49. The predicted octanol–water partition coefficient (Wildman–Crippen LogP) is 3.64. The maximum absolute atomic E-state index is 14.1. The molecule has 1 unspecified atom stereocenters. The molecular formula is C22H33FN2O2. The number of hydrogen-bond donors (Lipinski definition) is 2. The average molecular weight is 377 g/mol. The molecule has 3 N–H and O–H groups in total. The van der Waals surface area contributed by atoms with Crippen LogP contribution in [0.1, 0.15) is 63.5 Å². The molecule has 1 aliphatic rings. The third kappa shape index (κ3) is 4.75. The average Bonchev–Trinajstić information content (AvgIpc) is 2.70. The van der Waals surface area contributed by atoms with Gasteiger partial charge in [-0.1, -0.05) is 26.0 Å². The van der Waals surface area contributed by atoms with E-state index in [1.54, 1.807) is 13.0 Å². The van der Waals surface area contributed by atoms with E-state index in [-0.39, 0.29) is 23.7 Å². The molecule has 0 spiro atoms. The molecule has 4 nitrogen and oxygen atoms in total. The Balaban J connectivity index is 2.04. The topological polar surface area (TPSA) is 72.2 Å².